The maximum absolute atomic E-state index is 2.44. The average molecular weight is 815 g/mol. The number of hydrogen-bond donors (Lipinski definition) is 0. The fourth-order valence-electron chi connectivity index (χ4n) is 9.97. The van der Waals surface area contributed by atoms with Crippen molar-refractivity contribution < 1.29 is 0 Å². The van der Waals surface area contributed by atoms with Crippen LogP contribution in [0.4, 0.5) is 34.1 Å². The van der Waals surface area contributed by atoms with Gasteiger partial charge in [0.15, 0.2) is 0 Å². The van der Waals surface area contributed by atoms with E-state index >= 15 is 0 Å². The van der Waals surface area contributed by atoms with E-state index in [1.54, 1.807) is 0 Å². The van der Waals surface area contributed by atoms with E-state index in [0.717, 1.165) is 34.1 Å². The monoisotopic (exact) mass is 814 g/mol. The second-order valence-corrected chi connectivity index (χ2v) is 16.4. The van der Waals surface area contributed by atoms with Gasteiger partial charge < -0.3 is 9.80 Å². The average Bonchev–Trinajstić information content (AvgIpc) is 3.37. The number of benzene rings is 12. The summed E-state index contributed by atoms with van der Waals surface area (Å²) in [5.41, 5.74) is 11.5. The molecule has 300 valence electrons. The molecule has 0 unspecified atom stereocenters. The summed E-state index contributed by atoms with van der Waals surface area (Å²) in [6, 6.07) is 92.9. The maximum Gasteiger partial charge on any atom is 0.0468 e. The lowest BCUT2D eigenvalue weighted by Gasteiger charge is -2.28. The fraction of sp³-hybridized carbons (Fsp3) is 0. The molecule has 0 spiro atoms. The van der Waals surface area contributed by atoms with Crippen LogP contribution in [0.25, 0.3) is 76.1 Å². The van der Waals surface area contributed by atoms with Crippen LogP contribution in [0.15, 0.2) is 255 Å². The van der Waals surface area contributed by atoms with Crippen LogP contribution in [0.3, 0.4) is 0 Å². The first kappa shape index (κ1) is 37.3. The maximum atomic E-state index is 2.44. The molecule has 2 heteroatoms. The van der Waals surface area contributed by atoms with Crippen molar-refractivity contribution >= 4 is 88.0 Å². The fourth-order valence-corrected chi connectivity index (χ4v) is 9.97. The molecule has 0 atom stereocenters. The molecule has 0 radical (unpaired) electrons. The molecule has 12 aromatic carbocycles. The van der Waals surface area contributed by atoms with Crippen molar-refractivity contribution in [1.29, 1.82) is 0 Å². The predicted molar refractivity (Wildman–Crippen MR) is 274 cm³/mol. The summed E-state index contributed by atoms with van der Waals surface area (Å²) in [6.45, 7) is 0. The first-order valence-corrected chi connectivity index (χ1v) is 22.0. The minimum absolute atomic E-state index is 1.09. The Kier molecular flexibility index (Phi) is 9.20. The van der Waals surface area contributed by atoms with E-state index in [9.17, 15) is 0 Å². The molecule has 0 aromatic heterocycles. The molecule has 64 heavy (non-hydrogen) atoms. The van der Waals surface area contributed by atoms with Crippen LogP contribution in [0.1, 0.15) is 0 Å². The molecular weight excluding hydrogens is 773 g/mol. The number of hydrogen-bond acceptors (Lipinski definition) is 2. The van der Waals surface area contributed by atoms with Gasteiger partial charge in [-0.25, -0.2) is 0 Å². The van der Waals surface area contributed by atoms with Crippen molar-refractivity contribution in [2.75, 3.05) is 9.80 Å². The van der Waals surface area contributed by atoms with E-state index in [4.69, 9.17) is 0 Å². The van der Waals surface area contributed by atoms with Crippen molar-refractivity contribution in [3.8, 4) is 22.3 Å². The Labute approximate surface area is 373 Å². The molecule has 0 bridgehead atoms. The van der Waals surface area contributed by atoms with Gasteiger partial charge in [0.05, 0.1) is 0 Å². The summed E-state index contributed by atoms with van der Waals surface area (Å²) >= 11 is 0. The van der Waals surface area contributed by atoms with Crippen molar-refractivity contribution in [2.45, 2.75) is 0 Å². The van der Waals surface area contributed by atoms with Crippen molar-refractivity contribution in [3.05, 3.63) is 255 Å². The largest absolute Gasteiger partial charge is 0.310 e. The summed E-state index contributed by atoms with van der Waals surface area (Å²) in [5.74, 6) is 0. The topological polar surface area (TPSA) is 6.48 Å². The van der Waals surface area contributed by atoms with Crippen molar-refractivity contribution in [2.24, 2.45) is 0 Å². The van der Waals surface area contributed by atoms with Crippen molar-refractivity contribution in [1.82, 2.24) is 0 Å². The van der Waals surface area contributed by atoms with Crippen LogP contribution in [0.5, 0.6) is 0 Å². The lowest BCUT2D eigenvalue weighted by atomic mass is 9.82. The highest BCUT2D eigenvalue weighted by atomic mass is 15.1. The summed E-state index contributed by atoms with van der Waals surface area (Å²) < 4.78 is 0. The smallest absolute Gasteiger partial charge is 0.0468 e. The van der Waals surface area contributed by atoms with E-state index in [2.05, 4.69) is 265 Å². The molecule has 2 nitrogen and oxygen atoms in total. The second-order valence-electron chi connectivity index (χ2n) is 16.4. The molecule has 0 saturated heterocycles. The quantitative estimate of drug-likeness (QED) is 0.111. The van der Waals surface area contributed by atoms with Crippen LogP contribution in [-0.2, 0) is 0 Å². The van der Waals surface area contributed by atoms with Gasteiger partial charge >= 0.3 is 0 Å². The number of rotatable bonds is 8. The molecule has 12 aromatic rings. The lowest BCUT2D eigenvalue weighted by molar-refractivity contribution is 1.29. The van der Waals surface area contributed by atoms with E-state index < -0.39 is 0 Å². The van der Waals surface area contributed by atoms with Gasteiger partial charge in [0.2, 0.25) is 0 Å². The minimum Gasteiger partial charge on any atom is -0.310 e. The molecule has 0 amide bonds. The third kappa shape index (κ3) is 6.35. The van der Waals surface area contributed by atoms with Gasteiger partial charge in [-0.05, 0) is 155 Å². The molecule has 0 aliphatic rings. The SMILES string of the molecule is c1ccc(N(c2ccccc2)c2ccc3c(-c4cc5ccccc5c5ccccc45)c4cc(N(c5ccccc5)c5ccccc5)ccc4c(-c4cccc5ccccc45)c3c2)cc1. The molecule has 0 saturated carbocycles. The summed E-state index contributed by atoms with van der Waals surface area (Å²) in [6.07, 6.45) is 0. The third-order valence-electron chi connectivity index (χ3n) is 12.8. The van der Waals surface area contributed by atoms with Crippen LogP contribution in [0, 0.1) is 0 Å². The summed E-state index contributed by atoms with van der Waals surface area (Å²) in [5, 5.41) is 12.2. The zero-order valence-electron chi connectivity index (χ0n) is 35.1. The number of nitrogens with zero attached hydrogens (tertiary/aromatic N) is 2. The number of anilines is 6. The van der Waals surface area contributed by atoms with Gasteiger partial charge in [-0.15, -0.1) is 0 Å². The Balaban J connectivity index is 1.26. The molecular formula is C62H42N2. The Bertz CT molecular complexity index is 3570. The number of para-hydroxylation sites is 4. The van der Waals surface area contributed by atoms with E-state index in [1.165, 1.54) is 76.1 Å². The highest BCUT2D eigenvalue weighted by Crippen LogP contribution is 2.51. The van der Waals surface area contributed by atoms with Crippen molar-refractivity contribution in [3.63, 3.8) is 0 Å². The summed E-state index contributed by atoms with van der Waals surface area (Å²) in [4.78, 5) is 4.76. The summed E-state index contributed by atoms with van der Waals surface area (Å²) in [7, 11) is 0. The zero-order valence-corrected chi connectivity index (χ0v) is 35.1. The molecule has 0 heterocycles. The van der Waals surface area contributed by atoms with E-state index in [0.29, 0.717) is 0 Å². The van der Waals surface area contributed by atoms with Gasteiger partial charge in [-0.1, -0.05) is 176 Å². The van der Waals surface area contributed by atoms with E-state index in [1.807, 2.05) is 0 Å². The van der Waals surface area contributed by atoms with Crippen LogP contribution in [-0.4, -0.2) is 0 Å². The van der Waals surface area contributed by atoms with Gasteiger partial charge in [-0.2, -0.15) is 0 Å². The third-order valence-corrected chi connectivity index (χ3v) is 12.8. The highest BCUT2D eigenvalue weighted by Gasteiger charge is 2.24. The minimum atomic E-state index is 1.09. The molecule has 0 aliphatic carbocycles. The predicted octanol–water partition coefficient (Wildman–Crippen LogP) is 17.7. The Morgan fingerprint density at radius 3 is 1.09 bits per heavy atom. The highest BCUT2D eigenvalue weighted by molar-refractivity contribution is 6.28. The van der Waals surface area contributed by atoms with Crippen LogP contribution >= 0.6 is 0 Å². The van der Waals surface area contributed by atoms with Gasteiger partial charge in [0.25, 0.3) is 0 Å². The first-order valence-electron chi connectivity index (χ1n) is 22.0. The van der Waals surface area contributed by atoms with Crippen LogP contribution in [0.2, 0.25) is 0 Å². The van der Waals surface area contributed by atoms with Crippen LogP contribution < -0.4 is 9.80 Å². The Morgan fingerprint density at radius 1 is 0.188 bits per heavy atom. The number of fused-ring (bicyclic) bond motifs is 6. The standard InChI is InChI=1S/C62H42N2/c1-5-23-45(24-6-1)63(46-25-7-2-8-26-46)49-37-39-57-59(41-49)61(55-35-19-22-43-20-13-15-31-51(43)55)56-38-36-50(64(47-27-9-3-10-28-47)48-29-11-4-12-30-48)42-60(56)62(57)58-40-44-21-14-16-32-52(44)53-33-17-18-34-54(53)58/h1-42H. The van der Waals surface area contributed by atoms with E-state index in [-0.39, 0.29) is 0 Å². The Hall–Kier alpha value is -8.46. The first-order chi connectivity index (χ1) is 31.8. The molecule has 0 fully saturated rings. The normalized spacial score (nSPS) is 11.4. The lowest BCUT2D eigenvalue weighted by Crippen LogP contribution is -2.10. The van der Waals surface area contributed by atoms with Gasteiger partial charge in [0.1, 0.15) is 0 Å². The molecule has 12 rings (SSSR count). The van der Waals surface area contributed by atoms with Gasteiger partial charge in [-0.3, -0.25) is 0 Å². The zero-order chi connectivity index (χ0) is 42.4. The second kappa shape index (κ2) is 15.8. The molecule has 0 aliphatic heterocycles. The molecule has 0 N–H and O–H groups in total. The van der Waals surface area contributed by atoms with Gasteiger partial charge in [0, 0.05) is 34.1 Å². The Morgan fingerprint density at radius 2 is 0.578 bits per heavy atom.